The second-order valence-corrected chi connectivity index (χ2v) is 3.97. The van der Waals surface area contributed by atoms with E-state index in [0.29, 0.717) is 17.9 Å². The van der Waals surface area contributed by atoms with Crippen LogP contribution in [0.2, 0.25) is 0 Å². The molecule has 2 rings (SSSR count). The van der Waals surface area contributed by atoms with Gasteiger partial charge in [0, 0.05) is 18.8 Å². The maximum atomic E-state index is 10.1. The molecule has 0 aliphatic rings. The first-order chi connectivity index (χ1) is 8.18. The molecule has 0 fully saturated rings. The Bertz CT molecular complexity index is 514. The predicted molar refractivity (Wildman–Crippen MR) is 66.3 cm³/mol. The Kier molecular flexibility index (Phi) is 3.35. The lowest BCUT2D eigenvalue weighted by Crippen LogP contribution is -2.08. The van der Waals surface area contributed by atoms with E-state index in [1.807, 2.05) is 31.2 Å². The van der Waals surface area contributed by atoms with E-state index in [1.54, 1.807) is 12.4 Å². The fraction of sp³-hybridized carbons (Fsp3) is 0.231. The average molecular weight is 229 g/mol. The standard InChI is InChI=1S/C13H15N3O/c1-9-4-2-6-15-12(9)11(17)8-10-5-3-7-16-13(10)14/h2-7,11,17H,8H2,1H3,(H2,14,16). The number of aliphatic hydroxyl groups excluding tert-OH is 1. The Labute approximate surface area is 100 Å². The molecule has 3 N–H and O–H groups in total. The summed E-state index contributed by atoms with van der Waals surface area (Å²) in [6.07, 6.45) is 3.09. The Hall–Kier alpha value is -1.94. The summed E-state index contributed by atoms with van der Waals surface area (Å²) in [5.41, 5.74) is 8.25. The third kappa shape index (κ3) is 2.60. The first-order valence-corrected chi connectivity index (χ1v) is 5.47. The molecule has 0 aromatic carbocycles. The summed E-state index contributed by atoms with van der Waals surface area (Å²) in [7, 11) is 0. The van der Waals surface area contributed by atoms with Crippen molar-refractivity contribution in [2.75, 3.05) is 5.73 Å². The zero-order valence-electron chi connectivity index (χ0n) is 9.67. The van der Waals surface area contributed by atoms with E-state index >= 15 is 0 Å². The molecule has 4 nitrogen and oxygen atoms in total. The molecule has 0 saturated carbocycles. The van der Waals surface area contributed by atoms with Gasteiger partial charge in [0.15, 0.2) is 0 Å². The van der Waals surface area contributed by atoms with Gasteiger partial charge in [-0.1, -0.05) is 12.1 Å². The van der Waals surface area contributed by atoms with E-state index in [1.165, 1.54) is 0 Å². The molecule has 0 spiro atoms. The molecule has 0 aliphatic carbocycles. The van der Waals surface area contributed by atoms with Gasteiger partial charge in [0.2, 0.25) is 0 Å². The Balaban J connectivity index is 2.20. The summed E-state index contributed by atoms with van der Waals surface area (Å²) >= 11 is 0. The summed E-state index contributed by atoms with van der Waals surface area (Å²) < 4.78 is 0. The van der Waals surface area contributed by atoms with Gasteiger partial charge < -0.3 is 10.8 Å². The summed E-state index contributed by atoms with van der Waals surface area (Å²) in [5.74, 6) is 0.458. The molecule has 88 valence electrons. The minimum Gasteiger partial charge on any atom is -0.386 e. The van der Waals surface area contributed by atoms with Crippen molar-refractivity contribution in [3.8, 4) is 0 Å². The van der Waals surface area contributed by atoms with Crippen LogP contribution >= 0.6 is 0 Å². The van der Waals surface area contributed by atoms with Crippen LogP contribution in [0.25, 0.3) is 0 Å². The number of pyridine rings is 2. The monoisotopic (exact) mass is 229 g/mol. The zero-order valence-corrected chi connectivity index (χ0v) is 9.67. The van der Waals surface area contributed by atoms with Gasteiger partial charge in [0.25, 0.3) is 0 Å². The molecule has 0 saturated heterocycles. The number of aryl methyl sites for hydroxylation is 1. The lowest BCUT2D eigenvalue weighted by molar-refractivity contribution is 0.173. The molecular weight excluding hydrogens is 214 g/mol. The Morgan fingerprint density at radius 1 is 1.24 bits per heavy atom. The molecule has 0 bridgehead atoms. The van der Waals surface area contributed by atoms with Crippen LogP contribution in [0.15, 0.2) is 36.7 Å². The van der Waals surface area contributed by atoms with Crippen LogP contribution in [0, 0.1) is 6.92 Å². The molecule has 4 heteroatoms. The first-order valence-electron chi connectivity index (χ1n) is 5.47. The Morgan fingerprint density at radius 2 is 1.94 bits per heavy atom. The van der Waals surface area contributed by atoms with E-state index in [4.69, 9.17) is 5.73 Å². The van der Waals surface area contributed by atoms with Crippen LogP contribution in [0.4, 0.5) is 5.82 Å². The number of nitrogens with zero attached hydrogens (tertiary/aromatic N) is 2. The van der Waals surface area contributed by atoms with Crippen molar-refractivity contribution in [1.82, 2.24) is 9.97 Å². The summed E-state index contributed by atoms with van der Waals surface area (Å²) in [4.78, 5) is 8.19. The fourth-order valence-corrected chi connectivity index (χ4v) is 1.78. The number of rotatable bonds is 3. The molecule has 0 radical (unpaired) electrons. The molecule has 17 heavy (non-hydrogen) atoms. The quantitative estimate of drug-likeness (QED) is 0.839. The fourth-order valence-electron chi connectivity index (χ4n) is 1.78. The largest absolute Gasteiger partial charge is 0.386 e. The maximum absolute atomic E-state index is 10.1. The minimum atomic E-state index is -0.650. The molecule has 2 aromatic rings. The Morgan fingerprint density at radius 3 is 2.65 bits per heavy atom. The predicted octanol–water partition coefficient (Wildman–Crippen LogP) is 1.64. The molecule has 2 aromatic heterocycles. The number of nitrogen functional groups attached to an aromatic ring is 1. The van der Waals surface area contributed by atoms with E-state index in [9.17, 15) is 5.11 Å². The van der Waals surface area contributed by atoms with E-state index < -0.39 is 6.10 Å². The van der Waals surface area contributed by atoms with Crippen LogP contribution in [-0.4, -0.2) is 15.1 Å². The van der Waals surface area contributed by atoms with Gasteiger partial charge in [-0.05, 0) is 30.2 Å². The van der Waals surface area contributed by atoms with E-state index in [0.717, 1.165) is 11.1 Å². The second kappa shape index (κ2) is 4.93. The summed E-state index contributed by atoms with van der Waals surface area (Å²) in [5, 5.41) is 10.1. The third-order valence-electron chi connectivity index (χ3n) is 2.70. The van der Waals surface area contributed by atoms with Crippen LogP contribution < -0.4 is 5.73 Å². The van der Waals surface area contributed by atoms with Gasteiger partial charge in [-0.15, -0.1) is 0 Å². The molecule has 0 aliphatic heterocycles. The van der Waals surface area contributed by atoms with Gasteiger partial charge in [0.1, 0.15) is 11.9 Å². The second-order valence-electron chi connectivity index (χ2n) is 3.97. The molecule has 0 amide bonds. The highest BCUT2D eigenvalue weighted by Gasteiger charge is 2.13. The van der Waals surface area contributed by atoms with Crippen molar-refractivity contribution in [3.63, 3.8) is 0 Å². The topological polar surface area (TPSA) is 72.0 Å². The van der Waals surface area contributed by atoms with Crippen LogP contribution in [0.3, 0.4) is 0 Å². The number of nitrogens with two attached hydrogens (primary N) is 1. The van der Waals surface area contributed by atoms with Crippen molar-refractivity contribution in [3.05, 3.63) is 53.5 Å². The van der Waals surface area contributed by atoms with Crippen LogP contribution in [-0.2, 0) is 6.42 Å². The van der Waals surface area contributed by atoms with E-state index in [2.05, 4.69) is 9.97 Å². The van der Waals surface area contributed by atoms with Crippen molar-refractivity contribution < 1.29 is 5.11 Å². The average Bonchev–Trinajstić information content (AvgIpc) is 2.32. The highest BCUT2D eigenvalue weighted by Crippen LogP contribution is 2.21. The maximum Gasteiger partial charge on any atom is 0.126 e. The zero-order chi connectivity index (χ0) is 12.3. The lowest BCUT2D eigenvalue weighted by atomic mass is 10.0. The SMILES string of the molecule is Cc1cccnc1C(O)Cc1cccnc1N. The number of aromatic nitrogens is 2. The number of hydrogen-bond acceptors (Lipinski definition) is 4. The molecular formula is C13H15N3O. The van der Waals surface area contributed by atoms with Gasteiger partial charge in [-0.2, -0.15) is 0 Å². The molecule has 2 heterocycles. The van der Waals surface area contributed by atoms with Crippen molar-refractivity contribution in [2.45, 2.75) is 19.4 Å². The highest BCUT2D eigenvalue weighted by atomic mass is 16.3. The van der Waals surface area contributed by atoms with Crippen LogP contribution in [0.5, 0.6) is 0 Å². The highest BCUT2D eigenvalue weighted by molar-refractivity contribution is 5.39. The van der Waals surface area contributed by atoms with E-state index in [-0.39, 0.29) is 0 Å². The summed E-state index contributed by atoms with van der Waals surface area (Å²) in [6.45, 7) is 1.93. The van der Waals surface area contributed by atoms with Crippen molar-refractivity contribution in [2.24, 2.45) is 0 Å². The van der Waals surface area contributed by atoms with Crippen LogP contribution in [0.1, 0.15) is 22.9 Å². The van der Waals surface area contributed by atoms with Crippen molar-refractivity contribution in [1.29, 1.82) is 0 Å². The van der Waals surface area contributed by atoms with Gasteiger partial charge in [0.05, 0.1) is 5.69 Å². The number of hydrogen-bond donors (Lipinski definition) is 2. The molecule has 1 unspecified atom stereocenters. The van der Waals surface area contributed by atoms with Gasteiger partial charge >= 0.3 is 0 Å². The molecule has 1 atom stereocenters. The minimum absolute atomic E-state index is 0.428. The number of aliphatic hydroxyl groups is 1. The normalized spacial score (nSPS) is 12.4. The smallest absolute Gasteiger partial charge is 0.126 e. The first kappa shape index (κ1) is 11.5. The van der Waals surface area contributed by atoms with Gasteiger partial charge in [-0.25, -0.2) is 4.98 Å². The number of anilines is 1. The lowest BCUT2D eigenvalue weighted by Gasteiger charge is -2.13. The third-order valence-corrected chi connectivity index (χ3v) is 2.70. The van der Waals surface area contributed by atoms with Crippen molar-refractivity contribution >= 4 is 5.82 Å². The van der Waals surface area contributed by atoms with Gasteiger partial charge in [-0.3, -0.25) is 4.98 Å². The summed E-state index contributed by atoms with van der Waals surface area (Å²) in [6, 6.07) is 7.45.